The van der Waals surface area contributed by atoms with Gasteiger partial charge in [0.2, 0.25) is 0 Å². The lowest BCUT2D eigenvalue weighted by Gasteiger charge is -2.06. The molecular weight excluding hydrogens is 336 g/mol. The highest BCUT2D eigenvalue weighted by Gasteiger charge is 2.23. The third-order valence-electron chi connectivity index (χ3n) is 4.55. The molecule has 1 aromatic heterocycles. The highest BCUT2D eigenvalue weighted by atomic mass is 16.5. The molecule has 4 aromatic rings. The normalized spacial score (nSPS) is 10.6. The lowest BCUT2D eigenvalue weighted by atomic mass is 10.1. The summed E-state index contributed by atoms with van der Waals surface area (Å²) in [5.41, 5.74) is 5.25. The molecule has 4 rings (SSSR count). The van der Waals surface area contributed by atoms with Crippen LogP contribution in [0, 0.1) is 0 Å². The van der Waals surface area contributed by atoms with Crippen molar-refractivity contribution in [2.45, 2.75) is 0 Å². The molecule has 0 fully saturated rings. The number of imidazole rings is 1. The zero-order valence-electron chi connectivity index (χ0n) is 15.3. The van der Waals surface area contributed by atoms with Crippen LogP contribution in [0.25, 0.3) is 33.9 Å². The molecule has 3 aromatic carbocycles. The summed E-state index contributed by atoms with van der Waals surface area (Å²) >= 11 is 0. The second-order valence-corrected chi connectivity index (χ2v) is 6.17. The third kappa shape index (κ3) is 3.29. The first-order valence-corrected chi connectivity index (χ1v) is 8.78. The molecule has 0 atom stereocenters. The Morgan fingerprint density at radius 3 is 2.04 bits per heavy atom. The highest BCUT2D eigenvalue weighted by molar-refractivity contribution is 5.78. The average molecular weight is 357 g/mol. The van der Waals surface area contributed by atoms with E-state index in [-0.39, 0.29) is 0 Å². The molecule has 0 aliphatic carbocycles. The fraction of sp³-hybridized carbons (Fsp3) is 0.0870. The van der Waals surface area contributed by atoms with E-state index in [1.165, 1.54) is 0 Å². The van der Waals surface area contributed by atoms with E-state index in [2.05, 4.69) is 34.2 Å². The summed E-state index contributed by atoms with van der Waals surface area (Å²) < 4.78 is 10.9. The highest BCUT2D eigenvalue weighted by Crippen LogP contribution is 2.34. The Bertz CT molecular complexity index is 984. The molecule has 0 saturated carbocycles. The number of nitrogens with one attached hydrogen (secondary N) is 2. The van der Waals surface area contributed by atoms with Gasteiger partial charge in [0, 0.05) is 17.2 Å². The van der Waals surface area contributed by atoms with Gasteiger partial charge in [-0.2, -0.15) is 0 Å². The fourth-order valence-electron chi connectivity index (χ4n) is 3.19. The van der Waals surface area contributed by atoms with Crippen LogP contribution in [-0.4, -0.2) is 19.2 Å². The van der Waals surface area contributed by atoms with Crippen molar-refractivity contribution in [1.29, 1.82) is 0 Å². The van der Waals surface area contributed by atoms with E-state index in [4.69, 9.17) is 9.47 Å². The molecule has 0 aliphatic heterocycles. The van der Waals surface area contributed by atoms with Crippen molar-refractivity contribution < 1.29 is 14.5 Å². The van der Waals surface area contributed by atoms with Gasteiger partial charge in [0.1, 0.15) is 17.1 Å². The Labute approximate surface area is 158 Å². The van der Waals surface area contributed by atoms with Crippen molar-refractivity contribution in [3.63, 3.8) is 0 Å². The number of rotatable bonds is 5. The number of H-pyrrole nitrogens is 2. The van der Waals surface area contributed by atoms with Crippen LogP contribution in [0.5, 0.6) is 11.5 Å². The van der Waals surface area contributed by atoms with Crippen LogP contribution in [0.15, 0.2) is 78.9 Å². The van der Waals surface area contributed by atoms with E-state index in [9.17, 15) is 0 Å². The van der Waals surface area contributed by atoms with E-state index in [1.807, 2.05) is 54.6 Å². The van der Waals surface area contributed by atoms with Gasteiger partial charge in [-0.25, -0.2) is 9.97 Å². The molecule has 0 aliphatic rings. The fourth-order valence-corrected chi connectivity index (χ4v) is 3.19. The minimum Gasteiger partial charge on any atom is -0.497 e. The summed E-state index contributed by atoms with van der Waals surface area (Å²) in [7, 11) is 3.31. The molecule has 0 saturated heterocycles. The number of ether oxygens (including phenoxy) is 2. The average Bonchev–Trinajstić information content (AvgIpc) is 3.19. The van der Waals surface area contributed by atoms with Gasteiger partial charge in [0.15, 0.2) is 11.4 Å². The lowest BCUT2D eigenvalue weighted by molar-refractivity contribution is -0.349. The molecule has 0 radical (unpaired) electrons. The molecule has 0 amide bonds. The molecule has 4 heteroatoms. The van der Waals surface area contributed by atoms with Gasteiger partial charge in [-0.05, 0) is 12.1 Å². The number of benzene rings is 3. The number of aromatic nitrogens is 2. The zero-order valence-corrected chi connectivity index (χ0v) is 15.3. The Morgan fingerprint density at radius 2 is 1.41 bits per heavy atom. The van der Waals surface area contributed by atoms with E-state index in [0.717, 1.165) is 45.4 Å². The van der Waals surface area contributed by atoms with Gasteiger partial charge in [-0.15, -0.1) is 0 Å². The van der Waals surface area contributed by atoms with Crippen LogP contribution in [0.2, 0.25) is 0 Å². The molecule has 2 N–H and O–H groups in total. The van der Waals surface area contributed by atoms with Crippen LogP contribution in [0.3, 0.4) is 0 Å². The summed E-state index contributed by atoms with van der Waals surface area (Å²) in [6.07, 6.45) is 0. The standard InChI is InChI=1S/C23H20N2O2/c1-26-18-13-14-19(20(15-18)27-2)23-24-21(16-9-5-3-6-10-16)22(25-23)17-11-7-4-8-12-17/h3-15H,1-2H3,(H,24,25)/p+1. The van der Waals surface area contributed by atoms with E-state index in [0.29, 0.717) is 0 Å². The molecule has 0 spiro atoms. The second-order valence-electron chi connectivity index (χ2n) is 6.17. The summed E-state index contributed by atoms with van der Waals surface area (Å²) in [4.78, 5) is 7.10. The molecule has 1 heterocycles. The van der Waals surface area contributed by atoms with Crippen molar-refractivity contribution in [2.75, 3.05) is 14.2 Å². The number of aromatic amines is 2. The van der Waals surface area contributed by atoms with Gasteiger partial charge in [0.05, 0.1) is 14.2 Å². The van der Waals surface area contributed by atoms with Crippen LogP contribution in [0.1, 0.15) is 0 Å². The molecule has 27 heavy (non-hydrogen) atoms. The summed E-state index contributed by atoms with van der Waals surface area (Å²) in [6, 6.07) is 26.4. The molecule has 0 unspecified atom stereocenters. The van der Waals surface area contributed by atoms with Crippen molar-refractivity contribution >= 4 is 0 Å². The second kappa shape index (κ2) is 7.38. The van der Waals surface area contributed by atoms with Crippen LogP contribution in [0.4, 0.5) is 0 Å². The van der Waals surface area contributed by atoms with Crippen LogP contribution < -0.4 is 14.5 Å². The topological polar surface area (TPSA) is 48.4 Å². The minimum absolute atomic E-state index is 0.742. The Kier molecular flexibility index (Phi) is 4.62. The Morgan fingerprint density at radius 1 is 0.741 bits per heavy atom. The van der Waals surface area contributed by atoms with Gasteiger partial charge in [0.25, 0.3) is 5.82 Å². The predicted octanol–water partition coefficient (Wildman–Crippen LogP) is 4.85. The first kappa shape index (κ1) is 16.9. The van der Waals surface area contributed by atoms with E-state index in [1.54, 1.807) is 14.2 Å². The molecule has 4 nitrogen and oxygen atoms in total. The summed E-state index contributed by atoms with van der Waals surface area (Å²) in [5, 5.41) is 0. The number of hydrogen-bond donors (Lipinski definition) is 1. The van der Waals surface area contributed by atoms with Gasteiger partial charge in [-0.3, -0.25) is 0 Å². The van der Waals surface area contributed by atoms with Crippen molar-refractivity contribution in [2.24, 2.45) is 0 Å². The van der Waals surface area contributed by atoms with Crippen LogP contribution >= 0.6 is 0 Å². The zero-order chi connectivity index (χ0) is 18.6. The number of methoxy groups -OCH3 is 2. The minimum atomic E-state index is 0.742. The van der Waals surface area contributed by atoms with Gasteiger partial charge < -0.3 is 9.47 Å². The lowest BCUT2D eigenvalue weighted by Crippen LogP contribution is -2.06. The van der Waals surface area contributed by atoms with Crippen molar-refractivity contribution in [1.82, 2.24) is 4.98 Å². The smallest absolute Gasteiger partial charge is 0.289 e. The maximum Gasteiger partial charge on any atom is 0.289 e. The number of hydrogen-bond acceptors (Lipinski definition) is 2. The molecular formula is C23H21N2O2+. The van der Waals surface area contributed by atoms with Gasteiger partial charge in [-0.1, -0.05) is 60.7 Å². The maximum absolute atomic E-state index is 5.58. The van der Waals surface area contributed by atoms with E-state index >= 15 is 0 Å². The van der Waals surface area contributed by atoms with Crippen molar-refractivity contribution in [3.05, 3.63) is 78.9 Å². The predicted molar refractivity (Wildman–Crippen MR) is 107 cm³/mol. The quantitative estimate of drug-likeness (QED) is 0.555. The summed E-state index contributed by atoms with van der Waals surface area (Å²) in [5.74, 6) is 2.38. The SMILES string of the molecule is COc1ccc(-c2[nH]c(-c3ccccc3)c(-c3ccccc3)[nH+]2)c(OC)c1. The Balaban J connectivity index is 1.90. The first-order chi connectivity index (χ1) is 13.3. The third-order valence-corrected chi connectivity index (χ3v) is 4.55. The monoisotopic (exact) mass is 357 g/mol. The molecule has 134 valence electrons. The first-order valence-electron chi connectivity index (χ1n) is 8.78. The largest absolute Gasteiger partial charge is 0.497 e. The summed E-state index contributed by atoms with van der Waals surface area (Å²) in [6.45, 7) is 0. The van der Waals surface area contributed by atoms with Crippen molar-refractivity contribution in [3.8, 4) is 45.4 Å². The van der Waals surface area contributed by atoms with Crippen LogP contribution in [-0.2, 0) is 0 Å². The van der Waals surface area contributed by atoms with Gasteiger partial charge >= 0.3 is 0 Å². The Hall–Kier alpha value is -3.53. The van der Waals surface area contributed by atoms with E-state index < -0.39 is 0 Å². The molecule has 0 bridgehead atoms. The maximum atomic E-state index is 5.58.